The van der Waals surface area contributed by atoms with E-state index in [-0.39, 0.29) is 0 Å². The van der Waals surface area contributed by atoms with E-state index in [2.05, 4.69) is 5.32 Å². The van der Waals surface area contributed by atoms with Gasteiger partial charge in [-0.1, -0.05) is 6.08 Å². The normalized spacial score (nSPS) is 35.9. The number of hydrogen-bond acceptors (Lipinski definition) is 7. The van der Waals surface area contributed by atoms with Gasteiger partial charge in [-0.15, -0.1) is 0 Å². The fraction of sp³-hybridized carbons (Fsp3) is 0.538. The highest BCUT2D eigenvalue weighted by Gasteiger charge is 2.70. The molecule has 8 nitrogen and oxygen atoms in total. The molecule has 4 unspecified atom stereocenters. The summed E-state index contributed by atoms with van der Waals surface area (Å²) in [5, 5.41) is 2.23. The average Bonchev–Trinajstić information content (AvgIpc) is 3.00. The Bertz CT molecular complexity index is 567. The van der Waals surface area contributed by atoms with Gasteiger partial charge in [0.1, 0.15) is 0 Å². The lowest BCUT2D eigenvalue weighted by atomic mass is 9.76. The van der Waals surface area contributed by atoms with Crippen molar-refractivity contribution in [2.24, 2.45) is 11.8 Å². The van der Waals surface area contributed by atoms with E-state index in [0.717, 1.165) is 13.8 Å². The van der Waals surface area contributed by atoms with Crippen LogP contribution in [-0.4, -0.2) is 41.7 Å². The summed E-state index contributed by atoms with van der Waals surface area (Å²) in [6, 6.07) is 0. The first kappa shape index (κ1) is 13.7. The predicted molar refractivity (Wildman–Crippen MR) is 64.2 cm³/mol. The molecule has 21 heavy (non-hydrogen) atoms. The van der Waals surface area contributed by atoms with Crippen LogP contribution in [0.15, 0.2) is 12.2 Å². The summed E-state index contributed by atoms with van der Waals surface area (Å²) in [6.07, 6.45) is 1.11. The van der Waals surface area contributed by atoms with Crippen LogP contribution >= 0.6 is 0 Å². The lowest BCUT2D eigenvalue weighted by Crippen LogP contribution is -2.52. The highest BCUT2D eigenvalue weighted by Crippen LogP contribution is 2.52. The summed E-state index contributed by atoms with van der Waals surface area (Å²) < 4.78 is 15.7. The molecule has 4 atom stereocenters. The Kier molecular flexibility index (Phi) is 2.87. The summed E-state index contributed by atoms with van der Waals surface area (Å²) in [5.74, 6) is -3.93. The average molecular weight is 295 g/mol. The third kappa shape index (κ3) is 1.86. The summed E-state index contributed by atoms with van der Waals surface area (Å²) in [5.41, 5.74) is -1.46. The second kappa shape index (κ2) is 4.39. The molecule has 3 aliphatic heterocycles. The molecule has 2 fully saturated rings. The van der Waals surface area contributed by atoms with Crippen molar-refractivity contribution in [2.75, 3.05) is 0 Å². The minimum atomic E-state index is -1.46. The minimum Gasteiger partial charge on any atom is -0.422 e. The molecule has 0 saturated carbocycles. The molecule has 0 aromatic heterocycles. The molecule has 8 heteroatoms. The maximum absolute atomic E-state index is 12.0. The number of esters is 2. The van der Waals surface area contributed by atoms with Crippen molar-refractivity contribution < 1.29 is 33.4 Å². The largest absolute Gasteiger partial charge is 0.422 e. The van der Waals surface area contributed by atoms with Crippen molar-refractivity contribution in [1.29, 1.82) is 0 Å². The van der Waals surface area contributed by atoms with Gasteiger partial charge in [0.15, 0.2) is 5.60 Å². The summed E-state index contributed by atoms with van der Waals surface area (Å²) in [6.45, 7) is 2.30. The summed E-state index contributed by atoms with van der Waals surface area (Å²) >= 11 is 0. The number of nitrogens with one attached hydrogen (secondary N) is 1. The SMILES string of the molecule is CC(=O)OC(OC(C)=O)C12C=CC(O1)C1C(=O)NC(=O)C12. The minimum absolute atomic E-state index is 0.439. The molecule has 2 bridgehead atoms. The van der Waals surface area contributed by atoms with Crippen molar-refractivity contribution in [3.63, 3.8) is 0 Å². The Balaban J connectivity index is 1.99. The fourth-order valence-corrected chi connectivity index (χ4v) is 3.14. The third-order valence-electron chi connectivity index (χ3n) is 3.83. The number of hydrogen-bond donors (Lipinski definition) is 1. The smallest absolute Gasteiger partial charge is 0.305 e. The molecule has 3 rings (SSSR count). The molecule has 0 aliphatic carbocycles. The second-order valence-corrected chi connectivity index (χ2v) is 5.20. The number of imide groups is 1. The van der Waals surface area contributed by atoms with E-state index in [4.69, 9.17) is 14.2 Å². The van der Waals surface area contributed by atoms with Gasteiger partial charge in [0.2, 0.25) is 11.8 Å². The molecule has 0 aromatic carbocycles. The van der Waals surface area contributed by atoms with Crippen molar-refractivity contribution in [1.82, 2.24) is 5.32 Å². The van der Waals surface area contributed by atoms with Crippen LogP contribution in [0, 0.1) is 11.8 Å². The van der Waals surface area contributed by atoms with Crippen molar-refractivity contribution in [2.45, 2.75) is 31.8 Å². The van der Waals surface area contributed by atoms with Crippen LogP contribution in [0.4, 0.5) is 0 Å². The van der Waals surface area contributed by atoms with E-state index in [1.165, 1.54) is 6.08 Å². The number of amides is 2. The first-order chi connectivity index (χ1) is 9.85. The van der Waals surface area contributed by atoms with Crippen LogP contribution in [0.3, 0.4) is 0 Å². The zero-order chi connectivity index (χ0) is 15.4. The zero-order valence-corrected chi connectivity index (χ0v) is 11.3. The maximum atomic E-state index is 12.0. The van der Waals surface area contributed by atoms with Gasteiger partial charge in [-0.25, -0.2) is 0 Å². The Morgan fingerprint density at radius 2 is 1.86 bits per heavy atom. The van der Waals surface area contributed by atoms with Gasteiger partial charge in [-0.05, 0) is 6.08 Å². The van der Waals surface area contributed by atoms with Gasteiger partial charge >= 0.3 is 11.9 Å². The van der Waals surface area contributed by atoms with Gasteiger partial charge in [-0.2, -0.15) is 0 Å². The molecular formula is C13H13NO7. The van der Waals surface area contributed by atoms with E-state index in [1.54, 1.807) is 6.08 Å². The Hall–Kier alpha value is -2.22. The van der Waals surface area contributed by atoms with Gasteiger partial charge in [0, 0.05) is 13.8 Å². The van der Waals surface area contributed by atoms with Crippen molar-refractivity contribution in [3.05, 3.63) is 12.2 Å². The topological polar surface area (TPSA) is 108 Å². The molecule has 0 radical (unpaired) electrons. The molecule has 1 N–H and O–H groups in total. The lowest BCUT2D eigenvalue weighted by Gasteiger charge is -2.34. The molecule has 0 aromatic rings. The van der Waals surface area contributed by atoms with E-state index >= 15 is 0 Å². The van der Waals surface area contributed by atoms with E-state index in [9.17, 15) is 19.2 Å². The van der Waals surface area contributed by atoms with Gasteiger partial charge in [0.05, 0.1) is 17.9 Å². The van der Waals surface area contributed by atoms with Crippen LogP contribution < -0.4 is 5.32 Å². The number of carbonyl (C=O) groups excluding carboxylic acids is 4. The first-order valence-electron chi connectivity index (χ1n) is 6.41. The highest BCUT2D eigenvalue weighted by atomic mass is 16.7. The van der Waals surface area contributed by atoms with Crippen LogP contribution in [0.25, 0.3) is 0 Å². The molecule has 3 heterocycles. The molecule has 112 valence electrons. The molecular weight excluding hydrogens is 282 g/mol. The predicted octanol–water partition coefficient (Wildman–Crippen LogP) is -0.965. The van der Waals surface area contributed by atoms with Crippen molar-refractivity contribution >= 4 is 23.8 Å². The van der Waals surface area contributed by atoms with Crippen LogP contribution in [0.5, 0.6) is 0 Å². The standard InChI is InChI=1S/C13H13NO7/c1-5(15)19-12(20-6(2)16)13-4-3-7(21-13)8-9(13)11(18)14-10(8)17/h3-4,7-9,12H,1-2H3,(H,14,17,18). The fourth-order valence-electron chi connectivity index (χ4n) is 3.14. The van der Waals surface area contributed by atoms with Gasteiger partial charge < -0.3 is 14.2 Å². The Labute approximate surface area is 119 Å². The zero-order valence-electron chi connectivity index (χ0n) is 11.3. The van der Waals surface area contributed by atoms with E-state index in [1.807, 2.05) is 0 Å². The van der Waals surface area contributed by atoms with E-state index in [0.29, 0.717) is 0 Å². The first-order valence-corrected chi connectivity index (χ1v) is 6.41. The second-order valence-electron chi connectivity index (χ2n) is 5.20. The van der Waals surface area contributed by atoms with Gasteiger partial charge in [0.25, 0.3) is 6.29 Å². The Morgan fingerprint density at radius 3 is 2.43 bits per heavy atom. The number of ether oxygens (including phenoxy) is 3. The molecule has 3 aliphatic rings. The monoisotopic (exact) mass is 295 g/mol. The lowest BCUT2D eigenvalue weighted by molar-refractivity contribution is -0.226. The highest BCUT2D eigenvalue weighted by molar-refractivity contribution is 6.07. The number of fused-ring (bicyclic) bond motifs is 5. The molecule has 0 spiro atoms. The van der Waals surface area contributed by atoms with Crippen LogP contribution in [0.1, 0.15) is 13.8 Å². The maximum Gasteiger partial charge on any atom is 0.305 e. The van der Waals surface area contributed by atoms with Crippen LogP contribution in [0.2, 0.25) is 0 Å². The number of carbonyl (C=O) groups is 4. The number of rotatable bonds is 3. The third-order valence-corrected chi connectivity index (χ3v) is 3.83. The molecule has 2 amide bonds. The van der Waals surface area contributed by atoms with Gasteiger partial charge in [-0.3, -0.25) is 24.5 Å². The Morgan fingerprint density at radius 1 is 1.24 bits per heavy atom. The van der Waals surface area contributed by atoms with Crippen LogP contribution in [-0.2, 0) is 33.4 Å². The van der Waals surface area contributed by atoms with E-state index < -0.39 is 53.6 Å². The quantitative estimate of drug-likeness (QED) is 0.309. The summed E-state index contributed by atoms with van der Waals surface area (Å²) in [4.78, 5) is 46.3. The summed E-state index contributed by atoms with van der Waals surface area (Å²) in [7, 11) is 0. The van der Waals surface area contributed by atoms with Crippen molar-refractivity contribution in [3.8, 4) is 0 Å². The molecule has 2 saturated heterocycles.